The normalized spacial score (nSPS) is 18.9. The molecule has 0 saturated carbocycles. The van der Waals surface area contributed by atoms with E-state index >= 15 is 0 Å². The number of halogens is 1. The number of hydrogen-bond acceptors (Lipinski definition) is 2. The lowest BCUT2D eigenvalue weighted by Gasteiger charge is -2.32. The molecule has 1 aromatic carbocycles. The van der Waals surface area contributed by atoms with Crippen LogP contribution in [0.2, 0.25) is 5.02 Å². The van der Waals surface area contributed by atoms with Crippen LogP contribution in [0.4, 0.5) is 0 Å². The zero-order valence-corrected chi connectivity index (χ0v) is 12.0. The molecular weight excluding hydrogens is 278 g/mol. The third kappa shape index (κ3) is 3.97. The fraction of sp³-hybridized carbons (Fsp3) is 0.467. The monoisotopic (exact) mass is 295 g/mol. The maximum absolute atomic E-state index is 12.4. The van der Waals surface area contributed by atoms with Crippen LogP contribution < -0.4 is 0 Å². The van der Waals surface area contributed by atoms with Crippen molar-refractivity contribution in [2.24, 2.45) is 5.92 Å². The van der Waals surface area contributed by atoms with Crippen molar-refractivity contribution >= 4 is 23.5 Å². The van der Waals surface area contributed by atoms with Gasteiger partial charge in [-0.25, -0.2) is 0 Å². The second kappa shape index (κ2) is 6.75. The first-order chi connectivity index (χ1) is 9.56. The summed E-state index contributed by atoms with van der Waals surface area (Å²) in [5.74, 6) is -0.515. The standard InChI is InChI=1S/C15H18ClNO3/c16-13-5-1-4-12(9-13)15(20)17-8-2-3-11(10-17)6-7-14(18)19/h1,4-5,9,11H,2-3,6-8,10H2,(H,18,19)/t11-/m0/s1. The van der Waals surface area contributed by atoms with Crippen molar-refractivity contribution in [3.05, 3.63) is 34.9 Å². The van der Waals surface area contributed by atoms with Gasteiger partial charge in [0.1, 0.15) is 0 Å². The number of aliphatic carboxylic acids is 1. The van der Waals surface area contributed by atoms with Gasteiger partial charge in [-0.1, -0.05) is 17.7 Å². The number of carbonyl (C=O) groups excluding carboxylic acids is 1. The van der Waals surface area contributed by atoms with Crippen molar-refractivity contribution in [3.8, 4) is 0 Å². The van der Waals surface area contributed by atoms with E-state index in [4.69, 9.17) is 16.7 Å². The molecule has 0 unspecified atom stereocenters. The van der Waals surface area contributed by atoms with Crippen molar-refractivity contribution in [1.82, 2.24) is 4.90 Å². The largest absolute Gasteiger partial charge is 0.481 e. The Morgan fingerprint density at radius 2 is 2.20 bits per heavy atom. The van der Waals surface area contributed by atoms with Crippen LogP contribution in [0.1, 0.15) is 36.0 Å². The van der Waals surface area contributed by atoms with Gasteiger partial charge in [-0.15, -0.1) is 0 Å². The Balaban J connectivity index is 1.98. The minimum Gasteiger partial charge on any atom is -0.481 e. The molecule has 4 nitrogen and oxygen atoms in total. The summed E-state index contributed by atoms with van der Waals surface area (Å²) in [7, 11) is 0. The second-order valence-corrected chi connectivity index (χ2v) is 5.64. The fourth-order valence-electron chi connectivity index (χ4n) is 2.62. The molecule has 1 aromatic rings. The number of carbonyl (C=O) groups is 2. The van der Waals surface area contributed by atoms with Gasteiger partial charge in [0.2, 0.25) is 0 Å². The Bertz CT molecular complexity index is 504. The van der Waals surface area contributed by atoms with E-state index in [1.54, 1.807) is 24.3 Å². The van der Waals surface area contributed by atoms with Gasteiger partial charge in [0.05, 0.1) is 0 Å². The van der Waals surface area contributed by atoms with Gasteiger partial charge in [0, 0.05) is 30.1 Å². The third-order valence-electron chi connectivity index (χ3n) is 3.64. The number of nitrogens with zero attached hydrogens (tertiary/aromatic N) is 1. The molecule has 1 N–H and O–H groups in total. The molecule has 0 aliphatic carbocycles. The molecule has 108 valence electrons. The number of likely N-dealkylation sites (tertiary alicyclic amines) is 1. The van der Waals surface area contributed by atoms with Crippen LogP contribution in [0, 0.1) is 5.92 Å². The third-order valence-corrected chi connectivity index (χ3v) is 3.88. The van der Waals surface area contributed by atoms with Gasteiger partial charge < -0.3 is 10.0 Å². The average Bonchev–Trinajstić information content (AvgIpc) is 2.44. The maximum Gasteiger partial charge on any atom is 0.303 e. The SMILES string of the molecule is O=C(O)CC[C@@H]1CCCN(C(=O)c2cccc(Cl)c2)C1. The number of amides is 1. The highest BCUT2D eigenvalue weighted by Gasteiger charge is 2.24. The first-order valence-corrected chi connectivity index (χ1v) is 7.20. The highest BCUT2D eigenvalue weighted by Crippen LogP contribution is 2.23. The lowest BCUT2D eigenvalue weighted by atomic mass is 9.93. The molecule has 0 bridgehead atoms. The highest BCUT2D eigenvalue weighted by molar-refractivity contribution is 6.30. The molecule has 1 fully saturated rings. The molecule has 0 radical (unpaired) electrons. The molecule has 2 rings (SSSR count). The minimum absolute atomic E-state index is 0.0208. The molecule has 1 aliphatic rings. The Kier molecular flexibility index (Phi) is 5.01. The summed E-state index contributed by atoms with van der Waals surface area (Å²) in [6, 6.07) is 6.94. The van der Waals surface area contributed by atoms with Crippen LogP contribution in [0.3, 0.4) is 0 Å². The van der Waals surface area contributed by atoms with Gasteiger partial charge in [-0.2, -0.15) is 0 Å². The predicted octanol–water partition coefficient (Wildman–Crippen LogP) is 3.06. The predicted molar refractivity (Wildman–Crippen MR) is 76.9 cm³/mol. The molecule has 1 aliphatic heterocycles. The van der Waals surface area contributed by atoms with E-state index in [0.717, 1.165) is 19.4 Å². The first-order valence-electron chi connectivity index (χ1n) is 6.83. The van der Waals surface area contributed by atoms with Gasteiger partial charge in [-0.3, -0.25) is 9.59 Å². The summed E-state index contributed by atoms with van der Waals surface area (Å²) >= 11 is 5.91. The van der Waals surface area contributed by atoms with E-state index < -0.39 is 5.97 Å². The van der Waals surface area contributed by atoms with Gasteiger partial charge in [0.25, 0.3) is 5.91 Å². The molecule has 5 heteroatoms. The van der Waals surface area contributed by atoms with E-state index in [-0.39, 0.29) is 18.2 Å². The maximum atomic E-state index is 12.4. The molecule has 0 aromatic heterocycles. The Hall–Kier alpha value is -1.55. The smallest absolute Gasteiger partial charge is 0.303 e. The summed E-state index contributed by atoms with van der Waals surface area (Å²) in [4.78, 5) is 24.8. The average molecular weight is 296 g/mol. The van der Waals surface area contributed by atoms with Crippen LogP contribution in [-0.4, -0.2) is 35.0 Å². The van der Waals surface area contributed by atoms with Crippen LogP contribution in [0.25, 0.3) is 0 Å². The minimum atomic E-state index is -0.775. The summed E-state index contributed by atoms with van der Waals surface area (Å²) in [6.07, 6.45) is 2.72. The van der Waals surface area contributed by atoms with Gasteiger partial charge in [-0.05, 0) is 43.4 Å². The van der Waals surface area contributed by atoms with E-state index in [9.17, 15) is 9.59 Å². The van der Waals surface area contributed by atoms with Crippen LogP contribution in [0.15, 0.2) is 24.3 Å². The van der Waals surface area contributed by atoms with Crippen molar-refractivity contribution < 1.29 is 14.7 Å². The van der Waals surface area contributed by atoms with Crippen LogP contribution >= 0.6 is 11.6 Å². The zero-order valence-electron chi connectivity index (χ0n) is 11.2. The quantitative estimate of drug-likeness (QED) is 0.929. The van der Waals surface area contributed by atoms with E-state index in [0.29, 0.717) is 23.6 Å². The molecule has 1 atom stereocenters. The number of carboxylic acid groups (broad SMARTS) is 1. The summed E-state index contributed by atoms with van der Waals surface area (Å²) in [5, 5.41) is 9.28. The second-order valence-electron chi connectivity index (χ2n) is 5.20. The van der Waals surface area contributed by atoms with Gasteiger partial charge >= 0.3 is 5.97 Å². The van der Waals surface area contributed by atoms with E-state index in [2.05, 4.69) is 0 Å². The molecule has 20 heavy (non-hydrogen) atoms. The molecule has 1 amide bonds. The Labute approximate surface area is 123 Å². The summed E-state index contributed by atoms with van der Waals surface area (Å²) in [6.45, 7) is 1.37. The fourth-order valence-corrected chi connectivity index (χ4v) is 2.81. The molecule has 0 spiro atoms. The Morgan fingerprint density at radius 3 is 2.90 bits per heavy atom. The number of hydrogen-bond donors (Lipinski definition) is 1. The molecular formula is C15H18ClNO3. The van der Waals surface area contributed by atoms with Crippen molar-refractivity contribution in [2.75, 3.05) is 13.1 Å². The number of rotatable bonds is 4. The number of benzene rings is 1. The first kappa shape index (κ1) is 14.9. The highest BCUT2D eigenvalue weighted by atomic mass is 35.5. The lowest BCUT2D eigenvalue weighted by molar-refractivity contribution is -0.137. The van der Waals surface area contributed by atoms with Crippen molar-refractivity contribution in [3.63, 3.8) is 0 Å². The van der Waals surface area contributed by atoms with E-state index in [1.807, 2.05) is 4.90 Å². The molecule has 1 heterocycles. The van der Waals surface area contributed by atoms with Gasteiger partial charge in [0.15, 0.2) is 0 Å². The van der Waals surface area contributed by atoms with Crippen LogP contribution in [-0.2, 0) is 4.79 Å². The van der Waals surface area contributed by atoms with E-state index in [1.165, 1.54) is 0 Å². The molecule has 1 saturated heterocycles. The number of carboxylic acids is 1. The number of piperidine rings is 1. The zero-order chi connectivity index (χ0) is 14.5. The van der Waals surface area contributed by atoms with Crippen molar-refractivity contribution in [1.29, 1.82) is 0 Å². The topological polar surface area (TPSA) is 57.6 Å². The Morgan fingerprint density at radius 1 is 1.40 bits per heavy atom. The lowest BCUT2D eigenvalue weighted by Crippen LogP contribution is -2.40. The summed E-state index contributed by atoms with van der Waals surface area (Å²) in [5.41, 5.74) is 0.594. The van der Waals surface area contributed by atoms with Crippen LogP contribution in [0.5, 0.6) is 0 Å². The summed E-state index contributed by atoms with van der Waals surface area (Å²) < 4.78 is 0. The van der Waals surface area contributed by atoms with Crippen molar-refractivity contribution in [2.45, 2.75) is 25.7 Å².